The van der Waals surface area contributed by atoms with Crippen molar-refractivity contribution in [2.45, 2.75) is 0 Å². The summed E-state index contributed by atoms with van der Waals surface area (Å²) in [6.45, 7) is 0. The molecule has 0 aliphatic rings. The Bertz CT molecular complexity index is 463. The molecule has 0 unspecified atom stereocenters. The molecule has 0 bridgehead atoms. The molecule has 0 saturated carbocycles. The van der Waals surface area contributed by atoms with Gasteiger partial charge in [0, 0.05) is 6.20 Å². The molecule has 74 valence electrons. The molecule has 1 heterocycles. The van der Waals surface area contributed by atoms with E-state index in [1.807, 2.05) is 0 Å². The first-order valence-corrected chi connectivity index (χ1v) is 5.27. The number of rotatable bonds is 3. The number of aromatic nitrogens is 1. The second kappa shape index (κ2) is 3.93. The van der Waals surface area contributed by atoms with Crippen LogP contribution in [0.25, 0.3) is 0 Å². The molecule has 0 aromatic carbocycles. The number of nitriles is 1. The minimum Gasteiger partial charge on any atom is -0.396 e. The highest BCUT2D eigenvalue weighted by atomic mass is 32.2. The number of hydrogen-bond donors (Lipinski definition) is 2. The fourth-order valence-electron chi connectivity index (χ4n) is 0.788. The van der Waals surface area contributed by atoms with E-state index in [4.69, 9.17) is 11.0 Å². The minimum atomic E-state index is -3.63. The summed E-state index contributed by atoms with van der Waals surface area (Å²) in [7, 11) is -3.63. The van der Waals surface area contributed by atoms with Gasteiger partial charge in [-0.1, -0.05) is 0 Å². The zero-order valence-electron chi connectivity index (χ0n) is 7.14. The monoisotopic (exact) mass is 212 g/mol. The highest BCUT2D eigenvalue weighted by Gasteiger charge is 2.10. The van der Waals surface area contributed by atoms with Gasteiger partial charge in [-0.05, 0) is 6.07 Å². The summed E-state index contributed by atoms with van der Waals surface area (Å²) >= 11 is 0. The van der Waals surface area contributed by atoms with E-state index in [0.717, 1.165) is 0 Å². The largest absolute Gasteiger partial charge is 0.396 e. The number of nitrogens with one attached hydrogen (secondary N) is 1. The lowest BCUT2D eigenvalue weighted by Crippen LogP contribution is -2.16. The Labute approximate surface area is 81.4 Å². The second-order valence-electron chi connectivity index (χ2n) is 2.48. The molecule has 3 N–H and O–H groups in total. The first kappa shape index (κ1) is 10.3. The zero-order valence-corrected chi connectivity index (χ0v) is 7.95. The summed E-state index contributed by atoms with van der Waals surface area (Å²) in [5.41, 5.74) is 5.90. The molecule has 0 aliphatic carbocycles. The second-order valence-corrected chi connectivity index (χ2v) is 4.20. The van der Waals surface area contributed by atoms with E-state index in [0.29, 0.717) is 0 Å². The predicted molar refractivity (Wildman–Crippen MR) is 51.7 cm³/mol. The van der Waals surface area contributed by atoms with Gasteiger partial charge < -0.3 is 5.73 Å². The van der Waals surface area contributed by atoms with Gasteiger partial charge in [-0.3, -0.25) is 9.71 Å². The average molecular weight is 212 g/mol. The Morgan fingerprint density at radius 2 is 2.36 bits per heavy atom. The molecule has 6 nitrogen and oxygen atoms in total. The SMILES string of the molecule is N#CCS(=O)(=O)Nc1ccncc1N. The Morgan fingerprint density at radius 3 is 2.93 bits per heavy atom. The number of nitrogens with zero attached hydrogens (tertiary/aromatic N) is 2. The Kier molecular flexibility index (Phi) is 2.89. The lowest BCUT2D eigenvalue weighted by Gasteiger charge is -2.06. The van der Waals surface area contributed by atoms with Crippen LogP contribution in [0.15, 0.2) is 18.5 Å². The topological polar surface area (TPSA) is 109 Å². The molecule has 0 saturated heterocycles. The van der Waals surface area contributed by atoms with Gasteiger partial charge >= 0.3 is 0 Å². The van der Waals surface area contributed by atoms with E-state index in [2.05, 4.69) is 9.71 Å². The van der Waals surface area contributed by atoms with Crippen molar-refractivity contribution in [3.8, 4) is 6.07 Å². The third-order valence-electron chi connectivity index (χ3n) is 1.37. The van der Waals surface area contributed by atoms with Crippen molar-refractivity contribution in [2.24, 2.45) is 0 Å². The van der Waals surface area contributed by atoms with Crippen LogP contribution < -0.4 is 10.5 Å². The fourth-order valence-corrected chi connectivity index (χ4v) is 1.55. The first-order chi connectivity index (χ1) is 6.55. The fraction of sp³-hybridized carbons (Fsp3) is 0.143. The number of nitrogen functional groups attached to an aromatic ring is 1. The Morgan fingerprint density at radius 1 is 1.64 bits per heavy atom. The molecule has 0 amide bonds. The quantitative estimate of drug-likeness (QED) is 0.728. The molecule has 1 rings (SSSR count). The third-order valence-corrected chi connectivity index (χ3v) is 2.41. The predicted octanol–water partition coefficient (Wildman–Crippen LogP) is -0.0709. The summed E-state index contributed by atoms with van der Waals surface area (Å²) in [4.78, 5) is 3.70. The molecule has 0 atom stereocenters. The van der Waals surface area contributed by atoms with Crippen LogP contribution >= 0.6 is 0 Å². The van der Waals surface area contributed by atoms with Crippen molar-refractivity contribution >= 4 is 21.4 Å². The summed E-state index contributed by atoms with van der Waals surface area (Å²) in [6.07, 6.45) is 2.73. The van der Waals surface area contributed by atoms with Crippen molar-refractivity contribution < 1.29 is 8.42 Å². The minimum absolute atomic E-state index is 0.217. The third kappa shape index (κ3) is 2.60. The number of hydrogen-bond acceptors (Lipinski definition) is 5. The molecule has 1 aromatic rings. The maximum absolute atomic E-state index is 11.1. The Hall–Kier alpha value is -1.81. The van der Waals surface area contributed by atoms with Gasteiger partial charge in [-0.2, -0.15) is 5.26 Å². The van der Waals surface area contributed by atoms with Crippen LogP contribution in [0.4, 0.5) is 11.4 Å². The van der Waals surface area contributed by atoms with Crippen LogP contribution in [-0.4, -0.2) is 19.2 Å². The van der Waals surface area contributed by atoms with Crippen LogP contribution in [0.5, 0.6) is 0 Å². The highest BCUT2D eigenvalue weighted by Crippen LogP contribution is 2.16. The van der Waals surface area contributed by atoms with Gasteiger partial charge in [0.15, 0.2) is 5.75 Å². The van der Waals surface area contributed by atoms with Gasteiger partial charge in [0.2, 0.25) is 10.0 Å². The van der Waals surface area contributed by atoms with Crippen molar-refractivity contribution in [2.75, 3.05) is 16.2 Å². The summed E-state index contributed by atoms with van der Waals surface area (Å²) in [6, 6.07) is 2.96. The molecule has 1 aromatic heterocycles. The Balaban J connectivity index is 2.91. The van der Waals surface area contributed by atoms with E-state index in [1.54, 1.807) is 6.07 Å². The van der Waals surface area contributed by atoms with E-state index in [9.17, 15) is 8.42 Å². The maximum atomic E-state index is 11.1. The number of anilines is 2. The standard InChI is InChI=1S/C7H8N4O2S/c8-2-4-14(12,13)11-7-1-3-10-5-6(7)9/h1,3,5H,4,9H2,(H,10,11). The molecule has 0 aliphatic heterocycles. The average Bonchev–Trinajstić information content (AvgIpc) is 2.08. The van der Waals surface area contributed by atoms with Gasteiger partial charge in [-0.25, -0.2) is 8.42 Å². The van der Waals surface area contributed by atoms with Gasteiger partial charge in [0.1, 0.15) is 0 Å². The highest BCUT2D eigenvalue weighted by molar-refractivity contribution is 7.92. The van der Waals surface area contributed by atoms with Crippen LogP contribution in [0.2, 0.25) is 0 Å². The van der Waals surface area contributed by atoms with Gasteiger partial charge in [-0.15, -0.1) is 0 Å². The van der Waals surface area contributed by atoms with E-state index in [1.165, 1.54) is 18.5 Å². The van der Waals surface area contributed by atoms with E-state index < -0.39 is 15.8 Å². The van der Waals surface area contributed by atoms with E-state index >= 15 is 0 Å². The number of pyridine rings is 1. The first-order valence-electron chi connectivity index (χ1n) is 3.62. The van der Waals surface area contributed by atoms with Crippen LogP contribution in [0.3, 0.4) is 0 Å². The molecule has 0 radical (unpaired) electrons. The van der Waals surface area contributed by atoms with Crippen molar-refractivity contribution in [3.63, 3.8) is 0 Å². The van der Waals surface area contributed by atoms with Crippen molar-refractivity contribution in [1.29, 1.82) is 5.26 Å². The van der Waals surface area contributed by atoms with Crippen molar-refractivity contribution in [1.82, 2.24) is 4.98 Å². The molecule has 7 heteroatoms. The summed E-state index contributed by atoms with van der Waals surface area (Å²) in [5.74, 6) is -0.602. The zero-order chi connectivity index (χ0) is 10.6. The number of sulfonamides is 1. The van der Waals surface area contributed by atoms with Crippen molar-refractivity contribution in [3.05, 3.63) is 18.5 Å². The molecule has 0 fully saturated rings. The molecular formula is C7H8N4O2S. The smallest absolute Gasteiger partial charge is 0.246 e. The summed E-state index contributed by atoms with van der Waals surface area (Å²) < 4.78 is 24.5. The van der Waals surface area contributed by atoms with Crippen LogP contribution in [-0.2, 0) is 10.0 Å². The lowest BCUT2D eigenvalue weighted by atomic mass is 10.4. The van der Waals surface area contributed by atoms with E-state index in [-0.39, 0.29) is 11.4 Å². The summed E-state index contributed by atoms with van der Waals surface area (Å²) in [5, 5.41) is 8.24. The lowest BCUT2D eigenvalue weighted by molar-refractivity contribution is 0.604. The molecule has 0 spiro atoms. The molecule has 14 heavy (non-hydrogen) atoms. The van der Waals surface area contributed by atoms with Gasteiger partial charge in [0.25, 0.3) is 0 Å². The number of nitrogens with two attached hydrogens (primary N) is 1. The molecular weight excluding hydrogens is 204 g/mol. The maximum Gasteiger partial charge on any atom is 0.246 e. The van der Waals surface area contributed by atoms with Crippen LogP contribution in [0.1, 0.15) is 0 Å². The normalized spacial score (nSPS) is 10.5. The van der Waals surface area contributed by atoms with Gasteiger partial charge in [0.05, 0.1) is 23.6 Å². The van der Waals surface area contributed by atoms with Crippen LogP contribution in [0, 0.1) is 11.3 Å².